The molecular weight excluding hydrogens is 380 g/mol. The smallest absolute Gasteiger partial charge is 0.302 e. The van der Waals surface area contributed by atoms with E-state index in [2.05, 4.69) is 46.8 Å². The summed E-state index contributed by atoms with van der Waals surface area (Å²) in [5.41, 5.74) is 0.944. The van der Waals surface area contributed by atoms with Gasteiger partial charge in [-0.05, 0) is 97.2 Å². The van der Waals surface area contributed by atoms with Gasteiger partial charge in [0.25, 0.3) is 0 Å². The number of esters is 1. The number of ether oxygens (including phenoxy) is 1. The molecule has 2 heteroatoms. The van der Waals surface area contributed by atoms with E-state index in [1.807, 2.05) is 0 Å². The molecule has 4 aliphatic rings. The minimum atomic E-state index is -0.112. The highest BCUT2D eigenvalue weighted by Crippen LogP contribution is 2.67. The topological polar surface area (TPSA) is 26.3 Å². The van der Waals surface area contributed by atoms with Crippen molar-refractivity contribution in [2.24, 2.45) is 52.3 Å². The normalized spacial score (nSPS) is 45.0. The Labute approximate surface area is 192 Å². The van der Waals surface area contributed by atoms with Gasteiger partial charge in [0.15, 0.2) is 0 Å². The first kappa shape index (κ1) is 23.4. The van der Waals surface area contributed by atoms with Crippen LogP contribution in [0.3, 0.4) is 0 Å². The number of rotatable bonds is 6. The Morgan fingerprint density at radius 1 is 0.968 bits per heavy atom. The van der Waals surface area contributed by atoms with Crippen molar-refractivity contribution in [3.05, 3.63) is 12.2 Å². The Morgan fingerprint density at radius 2 is 1.68 bits per heavy atom. The molecule has 9 atom stereocenters. The van der Waals surface area contributed by atoms with Gasteiger partial charge in [0.2, 0.25) is 0 Å². The minimum absolute atomic E-state index is 0.112. The molecule has 31 heavy (non-hydrogen) atoms. The van der Waals surface area contributed by atoms with E-state index in [-0.39, 0.29) is 12.1 Å². The van der Waals surface area contributed by atoms with Crippen molar-refractivity contribution in [3.63, 3.8) is 0 Å². The monoisotopic (exact) mass is 428 g/mol. The first-order valence-corrected chi connectivity index (χ1v) is 13.5. The number of hydrogen-bond acceptors (Lipinski definition) is 2. The van der Waals surface area contributed by atoms with Crippen LogP contribution < -0.4 is 0 Å². The summed E-state index contributed by atoms with van der Waals surface area (Å²) in [5, 5.41) is 0. The van der Waals surface area contributed by atoms with Crippen LogP contribution in [0.5, 0.6) is 0 Å². The van der Waals surface area contributed by atoms with Gasteiger partial charge >= 0.3 is 5.97 Å². The van der Waals surface area contributed by atoms with Gasteiger partial charge in [0, 0.05) is 6.92 Å². The number of carbonyl (C=O) groups is 1. The first-order chi connectivity index (χ1) is 14.6. The van der Waals surface area contributed by atoms with E-state index in [0.717, 1.165) is 48.3 Å². The molecule has 176 valence electrons. The van der Waals surface area contributed by atoms with Crippen LogP contribution in [0.25, 0.3) is 0 Å². The molecule has 3 fully saturated rings. The molecule has 0 aromatic heterocycles. The van der Waals surface area contributed by atoms with E-state index in [1.165, 1.54) is 51.4 Å². The fraction of sp³-hybridized carbons (Fsp3) is 0.897. The molecule has 4 aliphatic carbocycles. The molecule has 0 aromatic rings. The van der Waals surface area contributed by atoms with E-state index in [1.54, 1.807) is 6.92 Å². The summed E-state index contributed by atoms with van der Waals surface area (Å²) in [7, 11) is 0. The second-order valence-corrected chi connectivity index (χ2v) is 12.8. The van der Waals surface area contributed by atoms with E-state index in [4.69, 9.17) is 4.74 Å². The standard InChI is InChI=1S/C29H48O2/c1-19(2)8-7-9-20(3)25-12-13-26-24-11-10-22-18-23(31-21(4)30)14-16-28(22,5)27(24)15-17-29(25,26)6/h10-11,19-20,22-27H,7-9,12-18H2,1-6H3/t20?,22?,23?,24?,25?,26?,27?,28-,29+/m0/s1. The zero-order valence-corrected chi connectivity index (χ0v) is 21.2. The summed E-state index contributed by atoms with van der Waals surface area (Å²) in [6, 6.07) is 0. The molecule has 0 aliphatic heterocycles. The molecule has 2 nitrogen and oxygen atoms in total. The lowest BCUT2D eigenvalue weighted by molar-refractivity contribution is -0.153. The van der Waals surface area contributed by atoms with Gasteiger partial charge in [-0.2, -0.15) is 0 Å². The Balaban J connectivity index is 1.47. The van der Waals surface area contributed by atoms with Crippen LogP contribution >= 0.6 is 0 Å². The quantitative estimate of drug-likeness (QED) is 0.318. The Morgan fingerprint density at radius 3 is 2.39 bits per heavy atom. The maximum atomic E-state index is 11.5. The average molecular weight is 429 g/mol. The summed E-state index contributed by atoms with van der Waals surface area (Å²) in [6.45, 7) is 14.1. The predicted octanol–water partition coefficient (Wildman–Crippen LogP) is 7.82. The molecule has 3 saturated carbocycles. The molecule has 0 heterocycles. The van der Waals surface area contributed by atoms with Crippen molar-refractivity contribution < 1.29 is 9.53 Å². The summed E-state index contributed by atoms with van der Waals surface area (Å²) in [5.74, 6) is 5.59. The molecule has 7 unspecified atom stereocenters. The summed E-state index contributed by atoms with van der Waals surface area (Å²) in [4.78, 5) is 11.5. The number of allylic oxidation sites excluding steroid dienone is 2. The SMILES string of the molecule is CC(=O)OC1CC[C@@]2(C)C(C=CC3C4CCC(C(C)CCCC(C)C)[C@@]4(C)CCC32)C1. The van der Waals surface area contributed by atoms with Crippen LogP contribution in [-0.4, -0.2) is 12.1 Å². The molecule has 0 bridgehead atoms. The number of hydrogen-bond donors (Lipinski definition) is 0. The summed E-state index contributed by atoms with van der Waals surface area (Å²) < 4.78 is 5.62. The van der Waals surface area contributed by atoms with Crippen molar-refractivity contribution in [3.8, 4) is 0 Å². The van der Waals surface area contributed by atoms with Crippen LogP contribution in [0.2, 0.25) is 0 Å². The molecular formula is C29H48O2. The second-order valence-electron chi connectivity index (χ2n) is 12.8. The number of fused-ring (bicyclic) bond motifs is 5. The number of carbonyl (C=O) groups excluding carboxylic acids is 1. The van der Waals surface area contributed by atoms with Crippen LogP contribution in [0, 0.1) is 52.3 Å². The highest BCUT2D eigenvalue weighted by molar-refractivity contribution is 5.66. The third-order valence-corrected chi connectivity index (χ3v) is 10.6. The van der Waals surface area contributed by atoms with Crippen molar-refractivity contribution in [2.45, 2.75) is 112 Å². The maximum Gasteiger partial charge on any atom is 0.302 e. The van der Waals surface area contributed by atoms with E-state index < -0.39 is 0 Å². The average Bonchev–Trinajstić information content (AvgIpc) is 3.05. The van der Waals surface area contributed by atoms with Crippen molar-refractivity contribution in [1.29, 1.82) is 0 Å². The van der Waals surface area contributed by atoms with Gasteiger partial charge in [-0.25, -0.2) is 0 Å². The maximum absolute atomic E-state index is 11.5. The largest absolute Gasteiger partial charge is 0.463 e. The van der Waals surface area contributed by atoms with Crippen LogP contribution in [-0.2, 0) is 9.53 Å². The van der Waals surface area contributed by atoms with E-state index in [9.17, 15) is 4.79 Å². The van der Waals surface area contributed by atoms with Gasteiger partial charge < -0.3 is 4.74 Å². The van der Waals surface area contributed by atoms with Crippen LogP contribution in [0.4, 0.5) is 0 Å². The minimum Gasteiger partial charge on any atom is -0.463 e. The van der Waals surface area contributed by atoms with Crippen LogP contribution in [0.15, 0.2) is 12.2 Å². The summed E-state index contributed by atoms with van der Waals surface area (Å²) in [6.07, 6.45) is 18.6. The van der Waals surface area contributed by atoms with Crippen LogP contribution in [0.1, 0.15) is 106 Å². The predicted molar refractivity (Wildman–Crippen MR) is 129 cm³/mol. The zero-order valence-electron chi connectivity index (χ0n) is 21.2. The second kappa shape index (κ2) is 8.86. The zero-order chi connectivity index (χ0) is 22.4. The fourth-order valence-electron chi connectivity index (χ4n) is 8.95. The molecule has 0 radical (unpaired) electrons. The Bertz CT molecular complexity index is 680. The fourth-order valence-corrected chi connectivity index (χ4v) is 8.95. The highest BCUT2D eigenvalue weighted by atomic mass is 16.5. The molecule has 0 saturated heterocycles. The third kappa shape index (κ3) is 4.26. The molecule has 4 rings (SSSR count). The van der Waals surface area contributed by atoms with Crippen molar-refractivity contribution >= 4 is 5.97 Å². The third-order valence-electron chi connectivity index (χ3n) is 10.6. The van der Waals surface area contributed by atoms with E-state index in [0.29, 0.717) is 16.7 Å². The highest BCUT2D eigenvalue weighted by Gasteiger charge is 2.59. The van der Waals surface area contributed by atoms with Gasteiger partial charge in [0.1, 0.15) is 6.10 Å². The lowest BCUT2D eigenvalue weighted by Crippen LogP contribution is -2.52. The van der Waals surface area contributed by atoms with Gasteiger partial charge in [0.05, 0.1) is 0 Å². The van der Waals surface area contributed by atoms with Gasteiger partial charge in [-0.1, -0.05) is 66.0 Å². The Hall–Kier alpha value is -0.790. The van der Waals surface area contributed by atoms with Crippen molar-refractivity contribution in [2.75, 3.05) is 0 Å². The summed E-state index contributed by atoms with van der Waals surface area (Å²) >= 11 is 0. The molecule has 0 aromatic carbocycles. The molecule has 0 amide bonds. The molecule has 0 spiro atoms. The first-order valence-electron chi connectivity index (χ1n) is 13.5. The lowest BCUT2D eigenvalue weighted by atomic mass is 9.46. The van der Waals surface area contributed by atoms with Gasteiger partial charge in [-0.3, -0.25) is 4.79 Å². The van der Waals surface area contributed by atoms with E-state index >= 15 is 0 Å². The lowest BCUT2D eigenvalue weighted by Gasteiger charge is -2.59. The van der Waals surface area contributed by atoms with Crippen molar-refractivity contribution in [1.82, 2.24) is 0 Å². The Kier molecular flexibility index (Phi) is 6.68. The van der Waals surface area contributed by atoms with Gasteiger partial charge in [-0.15, -0.1) is 0 Å². The molecule has 0 N–H and O–H groups in total.